The average molecular weight is 632 g/mol. The molecular formula is C43H25N3OS. The summed E-state index contributed by atoms with van der Waals surface area (Å²) in [5.74, 6) is 1.89. The van der Waals surface area contributed by atoms with Crippen molar-refractivity contribution in [2.45, 2.75) is 0 Å². The highest BCUT2D eigenvalue weighted by molar-refractivity contribution is 7.25. The van der Waals surface area contributed by atoms with Gasteiger partial charge in [0.2, 0.25) is 0 Å². The highest BCUT2D eigenvalue weighted by Gasteiger charge is 2.21. The Morgan fingerprint density at radius 2 is 1.04 bits per heavy atom. The molecule has 48 heavy (non-hydrogen) atoms. The van der Waals surface area contributed by atoms with Gasteiger partial charge in [-0.25, -0.2) is 15.0 Å². The van der Waals surface area contributed by atoms with E-state index in [2.05, 4.69) is 115 Å². The number of thiophene rings is 1. The zero-order valence-corrected chi connectivity index (χ0v) is 26.4. The maximum absolute atomic E-state index is 6.55. The van der Waals surface area contributed by atoms with Gasteiger partial charge in [-0.15, -0.1) is 11.3 Å². The maximum Gasteiger partial charge on any atom is 0.164 e. The first-order valence-corrected chi connectivity index (χ1v) is 16.8. The van der Waals surface area contributed by atoms with Gasteiger partial charge >= 0.3 is 0 Å². The zero-order chi connectivity index (χ0) is 31.6. The van der Waals surface area contributed by atoms with Gasteiger partial charge in [0.1, 0.15) is 11.2 Å². The first kappa shape index (κ1) is 27.0. The van der Waals surface area contributed by atoms with E-state index in [1.807, 2.05) is 36.4 Å². The Morgan fingerprint density at radius 1 is 0.396 bits per heavy atom. The third kappa shape index (κ3) is 4.25. The van der Waals surface area contributed by atoms with Crippen LogP contribution >= 0.6 is 11.3 Å². The van der Waals surface area contributed by atoms with E-state index in [1.54, 1.807) is 11.3 Å². The number of para-hydroxylation sites is 1. The first-order valence-electron chi connectivity index (χ1n) is 15.9. The molecular weight excluding hydrogens is 607 g/mol. The van der Waals surface area contributed by atoms with Crippen LogP contribution in [0.25, 0.3) is 98.2 Å². The van der Waals surface area contributed by atoms with Gasteiger partial charge in [0.25, 0.3) is 0 Å². The molecule has 10 aromatic rings. The lowest BCUT2D eigenvalue weighted by molar-refractivity contribution is 0.672. The van der Waals surface area contributed by atoms with Crippen LogP contribution in [0.15, 0.2) is 156 Å². The number of nitrogens with zero attached hydrogens (tertiary/aromatic N) is 3. The van der Waals surface area contributed by atoms with Crippen molar-refractivity contribution in [3.8, 4) is 45.3 Å². The molecule has 4 nitrogen and oxygen atoms in total. The predicted octanol–water partition coefficient (Wildman–Crippen LogP) is 12.0. The van der Waals surface area contributed by atoms with Crippen LogP contribution in [0, 0.1) is 0 Å². The largest absolute Gasteiger partial charge is 0.455 e. The Kier molecular flexibility index (Phi) is 6.01. The first-order chi connectivity index (χ1) is 23.8. The molecule has 3 aromatic heterocycles. The fraction of sp³-hybridized carbons (Fsp3) is 0. The summed E-state index contributed by atoms with van der Waals surface area (Å²) in [5, 5.41) is 6.68. The number of benzene rings is 7. The van der Waals surface area contributed by atoms with Crippen LogP contribution in [0.2, 0.25) is 0 Å². The van der Waals surface area contributed by atoms with Gasteiger partial charge in [-0.1, -0.05) is 127 Å². The Balaban J connectivity index is 1.30. The molecule has 0 bridgehead atoms. The molecule has 10 rings (SSSR count). The van der Waals surface area contributed by atoms with Crippen LogP contribution in [-0.4, -0.2) is 15.0 Å². The van der Waals surface area contributed by atoms with Crippen molar-refractivity contribution in [3.63, 3.8) is 0 Å². The summed E-state index contributed by atoms with van der Waals surface area (Å²) < 4.78 is 9.03. The van der Waals surface area contributed by atoms with Gasteiger partial charge < -0.3 is 4.42 Å². The summed E-state index contributed by atoms with van der Waals surface area (Å²) in [7, 11) is 0. The predicted molar refractivity (Wildman–Crippen MR) is 199 cm³/mol. The lowest BCUT2D eigenvalue weighted by Crippen LogP contribution is -2.01. The molecule has 3 heterocycles. The van der Waals surface area contributed by atoms with E-state index < -0.39 is 0 Å². The molecule has 0 radical (unpaired) electrons. The average Bonchev–Trinajstić information content (AvgIpc) is 3.73. The molecule has 0 fully saturated rings. The van der Waals surface area contributed by atoms with Crippen molar-refractivity contribution >= 4 is 64.2 Å². The second-order valence-corrected chi connectivity index (χ2v) is 13.1. The van der Waals surface area contributed by atoms with Crippen LogP contribution < -0.4 is 0 Å². The van der Waals surface area contributed by atoms with E-state index >= 15 is 0 Å². The Bertz CT molecular complexity index is 2840. The smallest absolute Gasteiger partial charge is 0.164 e. The second kappa shape index (κ2) is 10.7. The molecule has 5 heteroatoms. The van der Waals surface area contributed by atoms with E-state index in [0.29, 0.717) is 17.5 Å². The van der Waals surface area contributed by atoms with Gasteiger partial charge in [-0.3, -0.25) is 0 Å². The third-order valence-corrected chi connectivity index (χ3v) is 10.3. The summed E-state index contributed by atoms with van der Waals surface area (Å²) >= 11 is 1.79. The lowest BCUT2D eigenvalue weighted by Gasteiger charge is -2.14. The lowest BCUT2D eigenvalue weighted by atomic mass is 9.92. The molecule has 224 valence electrons. The molecule has 0 amide bonds. The molecule has 0 atom stereocenters. The Hall–Kier alpha value is -6.17. The molecule has 0 spiro atoms. The van der Waals surface area contributed by atoms with Crippen molar-refractivity contribution in [1.82, 2.24) is 15.0 Å². The van der Waals surface area contributed by atoms with Crippen molar-refractivity contribution in [2.24, 2.45) is 0 Å². The van der Waals surface area contributed by atoms with Crippen LogP contribution in [0.4, 0.5) is 0 Å². The molecule has 0 unspecified atom stereocenters. The van der Waals surface area contributed by atoms with Gasteiger partial charge in [0.15, 0.2) is 17.5 Å². The van der Waals surface area contributed by atoms with Crippen molar-refractivity contribution < 1.29 is 4.42 Å². The van der Waals surface area contributed by atoms with Crippen LogP contribution in [0.1, 0.15) is 0 Å². The number of hydrogen-bond donors (Lipinski definition) is 0. The minimum atomic E-state index is 0.621. The molecule has 0 aliphatic carbocycles. The highest BCUT2D eigenvalue weighted by atomic mass is 32.1. The third-order valence-electron chi connectivity index (χ3n) is 9.13. The van der Waals surface area contributed by atoms with Gasteiger partial charge in [-0.2, -0.15) is 0 Å². The number of aromatic nitrogens is 3. The molecule has 0 saturated heterocycles. The van der Waals surface area contributed by atoms with E-state index in [-0.39, 0.29) is 0 Å². The van der Waals surface area contributed by atoms with Gasteiger partial charge in [-0.05, 0) is 35.4 Å². The van der Waals surface area contributed by atoms with E-state index in [1.165, 1.54) is 20.2 Å². The molecule has 0 N–H and O–H groups in total. The van der Waals surface area contributed by atoms with E-state index in [9.17, 15) is 0 Å². The second-order valence-electron chi connectivity index (χ2n) is 12.0. The molecule has 0 saturated carbocycles. The van der Waals surface area contributed by atoms with Crippen LogP contribution in [0.5, 0.6) is 0 Å². The highest BCUT2D eigenvalue weighted by Crippen LogP contribution is 2.43. The summed E-state index contributed by atoms with van der Waals surface area (Å²) in [5.41, 5.74) is 6.76. The fourth-order valence-corrected chi connectivity index (χ4v) is 8.04. The van der Waals surface area contributed by atoms with Crippen LogP contribution in [0.3, 0.4) is 0 Å². The van der Waals surface area contributed by atoms with Crippen molar-refractivity contribution in [1.29, 1.82) is 0 Å². The minimum Gasteiger partial charge on any atom is -0.455 e. The van der Waals surface area contributed by atoms with Gasteiger partial charge in [0, 0.05) is 58.4 Å². The summed E-state index contributed by atoms with van der Waals surface area (Å²) in [6.45, 7) is 0. The number of hydrogen-bond acceptors (Lipinski definition) is 5. The van der Waals surface area contributed by atoms with Crippen LogP contribution in [-0.2, 0) is 0 Å². The Labute approximate surface area is 279 Å². The van der Waals surface area contributed by atoms with Gasteiger partial charge in [0.05, 0.1) is 0 Å². The maximum atomic E-state index is 6.55. The monoisotopic (exact) mass is 631 g/mol. The zero-order valence-electron chi connectivity index (χ0n) is 25.6. The summed E-state index contributed by atoms with van der Waals surface area (Å²) in [6, 6.07) is 52.6. The molecule has 7 aromatic carbocycles. The fourth-order valence-electron chi connectivity index (χ4n) is 6.90. The molecule has 0 aliphatic heterocycles. The Morgan fingerprint density at radius 3 is 1.88 bits per heavy atom. The number of furan rings is 1. The summed E-state index contributed by atoms with van der Waals surface area (Å²) in [6.07, 6.45) is 0. The quantitative estimate of drug-likeness (QED) is 0.194. The van der Waals surface area contributed by atoms with E-state index in [0.717, 1.165) is 60.5 Å². The normalized spacial score (nSPS) is 11.8. The topological polar surface area (TPSA) is 51.8 Å². The molecule has 0 aliphatic rings. The number of fused-ring (bicyclic) bond motifs is 8. The number of rotatable bonds is 4. The van der Waals surface area contributed by atoms with Crippen molar-refractivity contribution in [3.05, 3.63) is 152 Å². The van der Waals surface area contributed by atoms with E-state index in [4.69, 9.17) is 19.4 Å². The SMILES string of the molecule is c1ccc(-c2nc(-c3ccc4c(c3)sc3ccccc34)nc(-c3cc4c5ccccc5oc4c4cccc(-c5ccccc5)c34)n2)cc1. The summed E-state index contributed by atoms with van der Waals surface area (Å²) in [4.78, 5) is 15.6. The van der Waals surface area contributed by atoms with Crippen molar-refractivity contribution in [2.75, 3.05) is 0 Å². The minimum absolute atomic E-state index is 0.621. The standard InChI is InChI=1S/C43H25N3OS/c1-3-12-26(13-4-1)29-18-11-19-33-39(29)35(25-34-30-16-7-9-20-36(30)47-40(33)34)43-45-41(27-14-5-2-6-15-27)44-42(46-43)28-22-23-32-31-17-8-10-21-37(31)48-38(32)24-28/h1-25H.